The van der Waals surface area contributed by atoms with Gasteiger partial charge >= 0.3 is 0 Å². The number of hydrogen-bond acceptors (Lipinski definition) is 4. The molecular formula is C14H15ClO3S. The monoisotopic (exact) mass is 298 g/mol. The predicted octanol–water partition coefficient (Wildman–Crippen LogP) is 3.52. The number of ether oxygens (including phenoxy) is 2. The number of halogens is 1. The van der Waals surface area contributed by atoms with Crippen molar-refractivity contribution in [1.82, 2.24) is 0 Å². The Balaban J connectivity index is 2.06. The summed E-state index contributed by atoms with van der Waals surface area (Å²) in [6, 6.07) is 5.48. The average molecular weight is 299 g/mol. The third-order valence-corrected chi connectivity index (χ3v) is 3.70. The molecule has 0 aliphatic heterocycles. The third kappa shape index (κ3) is 3.62. The number of thiophene rings is 1. The highest BCUT2D eigenvalue weighted by atomic mass is 35.5. The summed E-state index contributed by atoms with van der Waals surface area (Å²) < 4.78 is 10.9. The summed E-state index contributed by atoms with van der Waals surface area (Å²) in [5, 5.41) is 13.7. The molecule has 0 atom stereocenters. The maximum absolute atomic E-state index is 9.12. The number of rotatable bonds is 6. The first-order valence-corrected chi connectivity index (χ1v) is 7.18. The van der Waals surface area contributed by atoms with Crippen LogP contribution < -0.4 is 9.47 Å². The fraction of sp³-hybridized carbons (Fsp3) is 0.286. The van der Waals surface area contributed by atoms with Crippen LogP contribution in [-0.4, -0.2) is 18.8 Å². The maximum atomic E-state index is 9.12. The minimum absolute atomic E-state index is 0.0781. The molecule has 102 valence electrons. The summed E-state index contributed by atoms with van der Waals surface area (Å²) in [5.74, 6) is 1.07. The minimum atomic E-state index is -0.0781. The van der Waals surface area contributed by atoms with Gasteiger partial charge in [-0.3, -0.25) is 0 Å². The Morgan fingerprint density at radius 3 is 2.79 bits per heavy atom. The molecule has 5 heteroatoms. The van der Waals surface area contributed by atoms with Crippen molar-refractivity contribution in [1.29, 1.82) is 0 Å². The molecule has 0 saturated carbocycles. The highest BCUT2D eigenvalue weighted by Crippen LogP contribution is 2.36. The molecule has 0 saturated heterocycles. The normalized spacial score (nSPS) is 10.5. The molecule has 1 N–H and O–H groups in total. The van der Waals surface area contributed by atoms with E-state index >= 15 is 0 Å². The van der Waals surface area contributed by atoms with Crippen molar-refractivity contribution in [3.8, 4) is 11.5 Å². The second-order valence-corrected chi connectivity index (χ2v) is 5.18. The highest BCUT2D eigenvalue weighted by Gasteiger charge is 2.11. The van der Waals surface area contributed by atoms with Gasteiger partial charge in [-0.15, -0.1) is 0 Å². The highest BCUT2D eigenvalue weighted by molar-refractivity contribution is 7.07. The maximum Gasteiger partial charge on any atom is 0.179 e. The second-order valence-electron chi connectivity index (χ2n) is 4.00. The average Bonchev–Trinajstić information content (AvgIpc) is 2.93. The van der Waals surface area contributed by atoms with E-state index in [0.717, 1.165) is 6.42 Å². The van der Waals surface area contributed by atoms with Gasteiger partial charge in [0, 0.05) is 6.42 Å². The zero-order chi connectivity index (χ0) is 13.7. The third-order valence-electron chi connectivity index (χ3n) is 2.69. The first-order valence-electron chi connectivity index (χ1n) is 5.85. The van der Waals surface area contributed by atoms with Crippen LogP contribution in [0.3, 0.4) is 0 Å². The molecular weight excluding hydrogens is 284 g/mol. The molecule has 3 nitrogen and oxygen atoms in total. The number of aliphatic hydroxyl groups is 1. The summed E-state index contributed by atoms with van der Waals surface area (Å²) >= 11 is 7.81. The number of hydrogen-bond donors (Lipinski definition) is 1. The van der Waals surface area contributed by atoms with Gasteiger partial charge in [-0.1, -0.05) is 11.6 Å². The van der Waals surface area contributed by atoms with Crippen molar-refractivity contribution in [2.75, 3.05) is 13.7 Å². The molecule has 0 amide bonds. The Kier molecular flexibility index (Phi) is 5.07. The van der Waals surface area contributed by atoms with Gasteiger partial charge in [0.05, 0.1) is 25.3 Å². The number of aliphatic hydroxyl groups excluding tert-OH is 1. The lowest BCUT2D eigenvalue weighted by molar-refractivity contribution is 0.277. The minimum Gasteiger partial charge on any atom is -0.493 e. The first kappa shape index (κ1) is 14.2. The first-order chi connectivity index (χ1) is 9.24. The van der Waals surface area contributed by atoms with Gasteiger partial charge in [-0.05, 0) is 40.1 Å². The lowest BCUT2D eigenvalue weighted by Gasteiger charge is -2.13. The SMILES string of the molecule is COc1cc(CO)cc(Cl)c1OCCc1ccsc1. The van der Waals surface area contributed by atoms with E-state index in [1.54, 1.807) is 30.6 Å². The van der Waals surface area contributed by atoms with E-state index in [2.05, 4.69) is 11.4 Å². The summed E-state index contributed by atoms with van der Waals surface area (Å²) in [7, 11) is 1.55. The van der Waals surface area contributed by atoms with Crippen LogP contribution in [0.1, 0.15) is 11.1 Å². The van der Waals surface area contributed by atoms with Crippen LogP contribution in [0.4, 0.5) is 0 Å². The van der Waals surface area contributed by atoms with Crippen LogP contribution in [0.25, 0.3) is 0 Å². The van der Waals surface area contributed by atoms with Crippen molar-refractivity contribution < 1.29 is 14.6 Å². The molecule has 0 radical (unpaired) electrons. The molecule has 1 aromatic heterocycles. The molecule has 0 unspecified atom stereocenters. The van der Waals surface area contributed by atoms with Gasteiger partial charge < -0.3 is 14.6 Å². The molecule has 1 heterocycles. The van der Waals surface area contributed by atoms with E-state index in [1.165, 1.54) is 5.56 Å². The smallest absolute Gasteiger partial charge is 0.179 e. The molecule has 0 aliphatic carbocycles. The molecule has 2 aromatic rings. The van der Waals surface area contributed by atoms with Crippen molar-refractivity contribution in [2.24, 2.45) is 0 Å². The van der Waals surface area contributed by atoms with E-state index in [4.69, 9.17) is 26.2 Å². The van der Waals surface area contributed by atoms with Gasteiger partial charge in [-0.2, -0.15) is 11.3 Å². The Bertz CT molecular complexity index is 526. The summed E-state index contributed by atoms with van der Waals surface area (Å²) in [5.41, 5.74) is 1.94. The fourth-order valence-electron chi connectivity index (χ4n) is 1.71. The standard InChI is InChI=1S/C14H15ClO3S/c1-17-13-7-11(8-16)6-12(15)14(13)18-4-2-10-3-5-19-9-10/h3,5-7,9,16H,2,4,8H2,1H3. The summed E-state index contributed by atoms with van der Waals surface area (Å²) in [4.78, 5) is 0. The molecule has 1 aromatic carbocycles. The van der Waals surface area contributed by atoms with Gasteiger partial charge in [0.1, 0.15) is 0 Å². The zero-order valence-electron chi connectivity index (χ0n) is 10.6. The Labute approximate surface area is 121 Å². The van der Waals surface area contributed by atoms with Gasteiger partial charge in [0.15, 0.2) is 11.5 Å². The van der Waals surface area contributed by atoms with Gasteiger partial charge in [0.25, 0.3) is 0 Å². The van der Waals surface area contributed by atoms with Crippen molar-refractivity contribution in [2.45, 2.75) is 13.0 Å². The van der Waals surface area contributed by atoms with Gasteiger partial charge in [-0.25, -0.2) is 0 Å². The molecule has 0 spiro atoms. The molecule has 0 fully saturated rings. The Hall–Kier alpha value is -1.23. The van der Waals surface area contributed by atoms with E-state index in [-0.39, 0.29) is 6.61 Å². The largest absolute Gasteiger partial charge is 0.493 e. The topological polar surface area (TPSA) is 38.7 Å². The van der Waals surface area contributed by atoms with Gasteiger partial charge in [0.2, 0.25) is 0 Å². The van der Waals surface area contributed by atoms with E-state index in [1.807, 2.05) is 5.38 Å². The van der Waals surface area contributed by atoms with Crippen LogP contribution >= 0.6 is 22.9 Å². The Morgan fingerprint density at radius 2 is 2.16 bits per heavy atom. The molecule has 19 heavy (non-hydrogen) atoms. The summed E-state index contributed by atoms with van der Waals surface area (Å²) in [6.45, 7) is 0.455. The Morgan fingerprint density at radius 1 is 1.32 bits per heavy atom. The number of methoxy groups -OCH3 is 1. The second kappa shape index (κ2) is 6.80. The molecule has 2 rings (SSSR count). The van der Waals surface area contributed by atoms with E-state index in [0.29, 0.717) is 28.7 Å². The van der Waals surface area contributed by atoms with E-state index in [9.17, 15) is 0 Å². The zero-order valence-corrected chi connectivity index (χ0v) is 12.1. The quantitative estimate of drug-likeness (QED) is 0.887. The molecule has 0 bridgehead atoms. The van der Waals surface area contributed by atoms with Crippen LogP contribution in [0.15, 0.2) is 29.0 Å². The number of benzene rings is 1. The van der Waals surface area contributed by atoms with Crippen molar-refractivity contribution in [3.05, 3.63) is 45.1 Å². The summed E-state index contributed by atoms with van der Waals surface area (Å²) in [6.07, 6.45) is 0.824. The van der Waals surface area contributed by atoms with Crippen LogP contribution in [0, 0.1) is 0 Å². The van der Waals surface area contributed by atoms with Crippen LogP contribution in [0.2, 0.25) is 5.02 Å². The fourth-order valence-corrected chi connectivity index (χ4v) is 2.70. The van der Waals surface area contributed by atoms with E-state index < -0.39 is 0 Å². The van der Waals surface area contributed by atoms with Crippen molar-refractivity contribution >= 4 is 22.9 Å². The van der Waals surface area contributed by atoms with Crippen LogP contribution in [0.5, 0.6) is 11.5 Å². The lowest BCUT2D eigenvalue weighted by Crippen LogP contribution is -2.03. The lowest BCUT2D eigenvalue weighted by atomic mass is 10.2. The van der Waals surface area contributed by atoms with Crippen LogP contribution in [-0.2, 0) is 13.0 Å². The molecule has 0 aliphatic rings. The van der Waals surface area contributed by atoms with Crippen molar-refractivity contribution in [3.63, 3.8) is 0 Å². The predicted molar refractivity (Wildman–Crippen MR) is 77.4 cm³/mol.